The van der Waals surface area contributed by atoms with Crippen LogP contribution in [0.25, 0.3) is 0 Å². The summed E-state index contributed by atoms with van der Waals surface area (Å²) < 4.78 is 5.72. The van der Waals surface area contributed by atoms with Crippen molar-refractivity contribution in [3.63, 3.8) is 0 Å². The van der Waals surface area contributed by atoms with E-state index >= 15 is 0 Å². The molecule has 3 nitrogen and oxygen atoms in total. The van der Waals surface area contributed by atoms with Crippen LogP contribution in [-0.4, -0.2) is 29.9 Å². The highest BCUT2D eigenvalue weighted by atomic mass is 16.5. The lowest BCUT2D eigenvalue weighted by Crippen LogP contribution is -2.49. The molecule has 0 radical (unpaired) electrons. The summed E-state index contributed by atoms with van der Waals surface area (Å²) in [5, 5.41) is 12.9. The van der Waals surface area contributed by atoms with E-state index in [4.69, 9.17) is 4.74 Å². The van der Waals surface area contributed by atoms with Gasteiger partial charge < -0.3 is 15.2 Å². The number of aliphatic hydroxyl groups is 1. The molecule has 1 rings (SSSR count). The summed E-state index contributed by atoms with van der Waals surface area (Å²) in [6, 6.07) is 8.45. The number of nitrogens with one attached hydrogen (secondary N) is 1. The Morgan fingerprint density at radius 1 is 1.37 bits per heavy atom. The Morgan fingerprint density at radius 3 is 2.68 bits per heavy atom. The van der Waals surface area contributed by atoms with E-state index in [9.17, 15) is 5.11 Å². The van der Waals surface area contributed by atoms with E-state index in [2.05, 4.69) is 39.1 Å². The van der Waals surface area contributed by atoms with Crippen LogP contribution in [-0.2, 0) is 0 Å². The number of aryl methyl sites for hydroxylation is 1. The first-order valence-electron chi connectivity index (χ1n) is 7.03. The van der Waals surface area contributed by atoms with Crippen molar-refractivity contribution in [1.82, 2.24) is 5.32 Å². The van der Waals surface area contributed by atoms with Crippen LogP contribution in [0.3, 0.4) is 0 Å². The fourth-order valence-electron chi connectivity index (χ4n) is 2.25. The molecule has 1 unspecified atom stereocenters. The number of hydrogen-bond acceptors (Lipinski definition) is 3. The molecule has 0 saturated carbocycles. The predicted molar refractivity (Wildman–Crippen MR) is 79.7 cm³/mol. The number of benzene rings is 1. The quantitative estimate of drug-likeness (QED) is 0.710. The average Bonchev–Trinajstić information content (AvgIpc) is 2.34. The van der Waals surface area contributed by atoms with Gasteiger partial charge in [0.15, 0.2) is 0 Å². The minimum Gasteiger partial charge on any atom is -0.494 e. The lowest BCUT2D eigenvalue weighted by Gasteiger charge is -2.31. The van der Waals surface area contributed by atoms with Gasteiger partial charge in [-0.25, -0.2) is 0 Å². The molecule has 0 fully saturated rings. The van der Waals surface area contributed by atoms with Crippen LogP contribution in [0.4, 0.5) is 0 Å². The fraction of sp³-hybridized carbons (Fsp3) is 0.625. The summed E-state index contributed by atoms with van der Waals surface area (Å²) in [6.45, 7) is 9.13. The first-order chi connectivity index (χ1) is 8.95. The van der Waals surface area contributed by atoms with Crippen molar-refractivity contribution in [2.45, 2.75) is 52.1 Å². The molecule has 0 bridgehead atoms. The predicted octanol–water partition coefficient (Wildman–Crippen LogP) is 2.90. The van der Waals surface area contributed by atoms with Gasteiger partial charge in [0, 0.05) is 11.6 Å². The summed E-state index contributed by atoms with van der Waals surface area (Å²) >= 11 is 0. The zero-order valence-electron chi connectivity index (χ0n) is 12.6. The van der Waals surface area contributed by atoms with Crippen LogP contribution < -0.4 is 10.1 Å². The first kappa shape index (κ1) is 16.0. The second-order valence-electron chi connectivity index (χ2n) is 5.79. The van der Waals surface area contributed by atoms with Gasteiger partial charge in [-0.15, -0.1) is 0 Å². The van der Waals surface area contributed by atoms with Crippen molar-refractivity contribution in [1.29, 1.82) is 0 Å². The molecule has 108 valence electrons. The molecule has 1 aromatic rings. The van der Waals surface area contributed by atoms with Gasteiger partial charge in [-0.1, -0.05) is 26.0 Å². The number of rotatable bonds is 8. The molecule has 0 aliphatic rings. The summed E-state index contributed by atoms with van der Waals surface area (Å²) in [7, 11) is 0. The number of aliphatic hydroxyl groups excluding tert-OH is 1. The molecule has 0 spiro atoms. The summed E-state index contributed by atoms with van der Waals surface area (Å²) in [4.78, 5) is 0. The Kier molecular flexibility index (Phi) is 6.32. The van der Waals surface area contributed by atoms with E-state index in [0.717, 1.165) is 18.6 Å². The van der Waals surface area contributed by atoms with Crippen LogP contribution in [0.1, 0.15) is 39.2 Å². The SMILES string of the molecule is Cc1cccc(OCCCC(C)(CO)NC(C)C)c1. The maximum atomic E-state index is 9.48. The van der Waals surface area contributed by atoms with E-state index < -0.39 is 0 Å². The second kappa shape index (κ2) is 7.51. The Hall–Kier alpha value is -1.06. The van der Waals surface area contributed by atoms with Crippen LogP contribution >= 0.6 is 0 Å². The molecular formula is C16H27NO2. The summed E-state index contributed by atoms with van der Waals surface area (Å²) in [5.74, 6) is 0.919. The van der Waals surface area contributed by atoms with Crippen molar-refractivity contribution in [3.05, 3.63) is 29.8 Å². The van der Waals surface area contributed by atoms with Gasteiger partial charge in [-0.2, -0.15) is 0 Å². The zero-order chi connectivity index (χ0) is 14.3. The average molecular weight is 265 g/mol. The standard InChI is InChI=1S/C16H27NO2/c1-13(2)17-16(4,12-18)9-6-10-19-15-8-5-7-14(3)11-15/h5,7-8,11,13,17-18H,6,9-10,12H2,1-4H3. The van der Waals surface area contributed by atoms with Gasteiger partial charge in [0.1, 0.15) is 5.75 Å². The van der Waals surface area contributed by atoms with Crippen molar-refractivity contribution in [3.8, 4) is 5.75 Å². The highest BCUT2D eigenvalue weighted by Crippen LogP contribution is 2.16. The lowest BCUT2D eigenvalue weighted by atomic mass is 9.96. The lowest BCUT2D eigenvalue weighted by molar-refractivity contribution is 0.147. The normalized spacial score (nSPS) is 14.4. The highest BCUT2D eigenvalue weighted by Gasteiger charge is 2.23. The van der Waals surface area contributed by atoms with E-state index in [1.807, 2.05) is 18.2 Å². The molecular weight excluding hydrogens is 238 g/mol. The Morgan fingerprint density at radius 2 is 2.11 bits per heavy atom. The van der Waals surface area contributed by atoms with Crippen molar-refractivity contribution in [2.75, 3.05) is 13.2 Å². The molecule has 0 saturated heterocycles. The van der Waals surface area contributed by atoms with Gasteiger partial charge in [-0.05, 0) is 44.4 Å². The van der Waals surface area contributed by atoms with Gasteiger partial charge in [0.2, 0.25) is 0 Å². The third-order valence-corrected chi connectivity index (χ3v) is 3.12. The van der Waals surface area contributed by atoms with E-state index in [0.29, 0.717) is 12.6 Å². The van der Waals surface area contributed by atoms with Gasteiger partial charge >= 0.3 is 0 Å². The van der Waals surface area contributed by atoms with Gasteiger partial charge in [0.25, 0.3) is 0 Å². The molecule has 0 amide bonds. The van der Waals surface area contributed by atoms with Crippen LogP contribution in [0.2, 0.25) is 0 Å². The zero-order valence-corrected chi connectivity index (χ0v) is 12.6. The Bertz CT molecular complexity index is 379. The highest BCUT2D eigenvalue weighted by molar-refractivity contribution is 5.27. The summed E-state index contributed by atoms with van der Waals surface area (Å²) in [5.41, 5.74) is 0.989. The van der Waals surface area contributed by atoms with E-state index in [-0.39, 0.29) is 12.1 Å². The maximum absolute atomic E-state index is 9.48. The first-order valence-corrected chi connectivity index (χ1v) is 7.03. The minimum atomic E-state index is -0.218. The van der Waals surface area contributed by atoms with Crippen molar-refractivity contribution >= 4 is 0 Å². The van der Waals surface area contributed by atoms with E-state index in [1.165, 1.54) is 5.56 Å². The van der Waals surface area contributed by atoms with E-state index in [1.54, 1.807) is 0 Å². The van der Waals surface area contributed by atoms with Crippen molar-refractivity contribution in [2.24, 2.45) is 0 Å². The van der Waals surface area contributed by atoms with Crippen LogP contribution in [0.15, 0.2) is 24.3 Å². The molecule has 3 heteroatoms. The second-order valence-corrected chi connectivity index (χ2v) is 5.79. The van der Waals surface area contributed by atoms with Crippen molar-refractivity contribution < 1.29 is 9.84 Å². The molecule has 1 atom stereocenters. The third-order valence-electron chi connectivity index (χ3n) is 3.12. The molecule has 0 heterocycles. The van der Waals surface area contributed by atoms with Gasteiger partial charge in [0.05, 0.1) is 13.2 Å². The molecule has 0 aliphatic carbocycles. The fourth-order valence-corrected chi connectivity index (χ4v) is 2.25. The maximum Gasteiger partial charge on any atom is 0.119 e. The smallest absolute Gasteiger partial charge is 0.119 e. The van der Waals surface area contributed by atoms with Gasteiger partial charge in [-0.3, -0.25) is 0 Å². The Balaban J connectivity index is 2.33. The topological polar surface area (TPSA) is 41.5 Å². The largest absolute Gasteiger partial charge is 0.494 e. The molecule has 1 aromatic carbocycles. The monoisotopic (exact) mass is 265 g/mol. The van der Waals surface area contributed by atoms with Crippen LogP contribution in [0, 0.1) is 6.92 Å². The molecule has 2 N–H and O–H groups in total. The third kappa shape index (κ3) is 6.08. The number of ether oxygens (including phenoxy) is 1. The minimum absolute atomic E-state index is 0.148. The molecule has 0 aliphatic heterocycles. The Labute approximate surface area is 117 Å². The van der Waals surface area contributed by atoms with Crippen LogP contribution in [0.5, 0.6) is 5.75 Å². The number of hydrogen-bond donors (Lipinski definition) is 2. The molecule has 19 heavy (non-hydrogen) atoms. The summed E-state index contributed by atoms with van der Waals surface area (Å²) in [6.07, 6.45) is 1.82. The molecule has 0 aromatic heterocycles.